The maximum Gasteiger partial charge on any atom is 0.237 e. The maximum absolute atomic E-state index is 13.8. The second-order valence-electron chi connectivity index (χ2n) is 16.8. The van der Waals surface area contributed by atoms with Gasteiger partial charge in [0.2, 0.25) is 11.8 Å². The van der Waals surface area contributed by atoms with Gasteiger partial charge >= 0.3 is 0 Å². The molecule has 10 fully saturated rings. The van der Waals surface area contributed by atoms with E-state index >= 15 is 0 Å². The van der Waals surface area contributed by atoms with Crippen LogP contribution < -0.4 is 10.6 Å². The SMILES string of the molecule is O=C(NC12CC3CC(CC(C3)C1)C2)[C@@H]1CCCCN1CCCN1CCCC[C@H]1C(=O)NC12CC3CC(CC(C3)C1)C2. The molecule has 8 saturated carbocycles. The molecule has 2 N–H and O–H groups in total. The van der Waals surface area contributed by atoms with Gasteiger partial charge in [-0.1, -0.05) is 12.8 Å². The Balaban J connectivity index is 0.862. The molecule has 2 saturated heterocycles. The zero-order valence-electron chi connectivity index (χ0n) is 25.6. The summed E-state index contributed by atoms with van der Waals surface area (Å²) in [7, 11) is 0. The first-order valence-electron chi connectivity index (χ1n) is 18.1. The van der Waals surface area contributed by atoms with Gasteiger partial charge in [0, 0.05) is 24.2 Å². The highest BCUT2D eigenvalue weighted by molar-refractivity contribution is 5.83. The van der Waals surface area contributed by atoms with E-state index in [1.165, 1.54) is 103 Å². The number of rotatable bonds is 8. The van der Waals surface area contributed by atoms with Crippen molar-refractivity contribution < 1.29 is 9.59 Å². The van der Waals surface area contributed by atoms with Crippen LogP contribution in [0.3, 0.4) is 0 Å². The van der Waals surface area contributed by atoms with Crippen LogP contribution in [0.1, 0.15) is 122 Å². The maximum atomic E-state index is 13.8. The Morgan fingerprint density at radius 2 is 0.878 bits per heavy atom. The Morgan fingerprint density at radius 1 is 0.537 bits per heavy atom. The van der Waals surface area contributed by atoms with E-state index < -0.39 is 0 Å². The van der Waals surface area contributed by atoms with E-state index in [1.54, 1.807) is 0 Å². The summed E-state index contributed by atoms with van der Waals surface area (Å²) >= 11 is 0. The molecule has 6 heteroatoms. The minimum absolute atomic E-state index is 0.0493. The van der Waals surface area contributed by atoms with Gasteiger partial charge in [-0.25, -0.2) is 0 Å². The molecule has 6 nitrogen and oxygen atoms in total. The highest BCUT2D eigenvalue weighted by Gasteiger charge is 2.53. The van der Waals surface area contributed by atoms with Crippen LogP contribution in [0.15, 0.2) is 0 Å². The van der Waals surface area contributed by atoms with Crippen molar-refractivity contribution >= 4 is 11.8 Å². The number of nitrogens with one attached hydrogen (secondary N) is 2. The third-order valence-corrected chi connectivity index (χ3v) is 13.6. The minimum atomic E-state index is 0.0493. The summed E-state index contributed by atoms with van der Waals surface area (Å²) in [5.74, 6) is 5.84. The summed E-state index contributed by atoms with van der Waals surface area (Å²) in [5, 5.41) is 7.41. The van der Waals surface area contributed by atoms with Crippen molar-refractivity contribution in [2.24, 2.45) is 35.5 Å². The minimum Gasteiger partial charge on any atom is -0.349 e. The molecule has 0 radical (unpaired) electrons. The molecule has 8 aliphatic carbocycles. The fraction of sp³-hybridized carbons (Fsp3) is 0.943. The Hall–Kier alpha value is -1.14. The Bertz CT molecular complexity index is 862. The first kappa shape index (κ1) is 27.4. The summed E-state index contributed by atoms with van der Waals surface area (Å²) in [6, 6.07) is 0.0987. The van der Waals surface area contributed by atoms with Gasteiger partial charge in [0.05, 0.1) is 12.1 Å². The highest BCUT2D eigenvalue weighted by Crippen LogP contribution is 2.56. The molecule has 228 valence electrons. The first-order chi connectivity index (χ1) is 19.9. The molecule has 2 atom stereocenters. The smallest absolute Gasteiger partial charge is 0.237 e. The predicted octanol–water partition coefficient (Wildman–Crippen LogP) is 5.26. The van der Waals surface area contributed by atoms with Gasteiger partial charge in [0.25, 0.3) is 0 Å². The predicted molar refractivity (Wildman–Crippen MR) is 161 cm³/mol. The van der Waals surface area contributed by atoms with Crippen LogP contribution in [0, 0.1) is 35.5 Å². The lowest BCUT2D eigenvalue weighted by molar-refractivity contribution is -0.133. The molecule has 2 heterocycles. The lowest BCUT2D eigenvalue weighted by atomic mass is 9.53. The van der Waals surface area contributed by atoms with E-state index in [9.17, 15) is 9.59 Å². The largest absolute Gasteiger partial charge is 0.349 e. The lowest BCUT2D eigenvalue weighted by Crippen LogP contribution is -2.63. The monoisotopic (exact) mass is 564 g/mol. The molecule has 0 unspecified atom stereocenters. The van der Waals surface area contributed by atoms with Crippen molar-refractivity contribution in [3.63, 3.8) is 0 Å². The summed E-state index contributed by atoms with van der Waals surface area (Å²) in [6.45, 7) is 4.07. The topological polar surface area (TPSA) is 64.7 Å². The van der Waals surface area contributed by atoms with Crippen LogP contribution in [-0.2, 0) is 9.59 Å². The zero-order valence-corrected chi connectivity index (χ0v) is 25.6. The van der Waals surface area contributed by atoms with Gasteiger partial charge in [-0.3, -0.25) is 19.4 Å². The van der Waals surface area contributed by atoms with E-state index in [2.05, 4.69) is 20.4 Å². The van der Waals surface area contributed by atoms with Crippen molar-refractivity contribution in [2.45, 2.75) is 145 Å². The molecule has 0 spiro atoms. The molecular weight excluding hydrogens is 508 g/mol. The zero-order chi connectivity index (χ0) is 27.6. The van der Waals surface area contributed by atoms with Crippen molar-refractivity contribution in [1.82, 2.24) is 20.4 Å². The average Bonchev–Trinajstić information content (AvgIpc) is 2.91. The van der Waals surface area contributed by atoms with Crippen LogP contribution in [0.25, 0.3) is 0 Å². The molecule has 0 aromatic carbocycles. The van der Waals surface area contributed by atoms with Gasteiger partial charge in [-0.15, -0.1) is 0 Å². The number of piperidine rings is 2. The highest BCUT2D eigenvalue weighted by atomic mass is 16.2. The summed E-state index contributed by atoms with van der Waals surface area (Å²) in [4.78, 5) is 32.6. The summed E-state index contributed by atoms with van der Waals surface area (Å²) in [5.41, 5.74) is 0.222. The Morgan fingerprint density at radius 3 is 1.22 bits per heavy atom. The second kappa shape index (κ2) is 10.8. The molecular formula is C35H56N4O2. The van der Waals surface area contributed by atoms with E-state index in [1.807, 2.05) is 0 Å². The first-order valence-corrected chi connectivity index (χ1v) is 18.1. The molecule has 0 aromatic rings. The van der Waals surface area contributed by atoms with Gasteiger partial charge in [0.15, 0.2) is 0 Å². The van der Waals surface area contributed by atoms with E-state index in [0.717, 1.165) is 80.9 Å². The van der Waals surface area contributed by atoms with Gasteiger partial charge in [-0.05, 0) is 158 Å². The summed E-state index contributed by atoms with van der Waals surface area (Å²) < 4.78 is 0. The molecule has 8 bridgehead atoms. The molecule has 41 heavy (non-hydrogen) atoms. The number of hydrogen-bond acceptors (Lipinski definition) is 4. The Labute approximate surface area is 248 Å². The third kappa shape index (κ3) is 5.40. The number of nitrogens with zero attached hydrogens (tertiary/aromatic N) is 2. The number of carbonyl (C=O) groups excluding carboxylic acids is 2. The molecule has 10 rings (SSSR count). The summed E-state index contributed by atoms with van der Waals surface area (Å²) in [6.07, 6.45) is 23.8. The van der Waals surface area contributed by atoms with Crippen LogP contribution in [-0.4, -0.2) is 71.0 Å². The normalized spacial score (nSPS) is 47.0. The Kier molecular flexibility index (Phi) is 7.21. The van der Waals surface area contributed by atoms with Crippen LogP contribution in [0.4, 0.5) is 0 Å². The quantitative estimate of drug-likeness (QED) is 0.422. The molecule has 2 aliphatic heterocycles. The van der Waals surface area contributed by atoms with Crippen LogP contribution >= 0.6 is 0 Å². The number of hydrogen-bond donors (Lipinski definition) is 2. The third-order valence-electron chi connectivity index (χ3n) is 13.6. The standard InChI is InChI=1S/C35H56N4O2/c40-32(36-34-18-24-12-25(19-34)14-26(13-24)20-34)30-6-1-3-8-38(30)10-5-11-39-9-4-2-7-31(39)33(41)37-35-21-27-15-28(22-35)17-29(16-27)23-35/h24-31H,1-23H2,(H,36,40)(H,37,41)/t24?,25?,26?,27?,28?,29?,30-,31-,34?,35?/m0/s1. The van der Waals surface area contributed by atoms with Crippen molar-refractivity contribution in [2.75, 3.05) is 26.2 Å². The van der Waals surface area contributed by atoms with Crippen molar-refractivity contribution in [3.05, 3.63) is 0 Å². The molecule has 2 amide bonds. The lowest BCUT2D eigenvalue weighted by Gasteiger charge is -2.57. The van der Waals surface area contributed by atoms with Crippen LogP contribution in [0.2, 0.25) is 0 Å². The fourth-order valence-electron chi connectivity index (χ4n) is 12.8. The van der Waals surface area contributed by atoms with E-state index in [4.69, 9.17) is 0 Å². The van der Waals surface area contributed by atoms with Gasteiger partial charge in [-0.2, -0.15) is 0 Å². The molecule has 10 aliphatic rings. The fourth-order valence-corrected chi connectivity index (χ4v) is 12.8. The second-order valence-corrected chi connectivity index (χ2v) is 16.8. The van der Waals surface area contributed by atoms with Gasteiger partial charge in [0.1, 0.15) is 0 Å². The molecule has 0 aromatic heterocycles. The number of carbonyl (C=O) groups is 2. The van der Waals surface area contributed by atoms with Crippen LogP contribution in [0.5, 0.6) is 0 Å². The number of amides is 2. The van der Waals surface area contributed by atoms with E-state index in [-0.39, 0.29) is 23.2 Å². The van der Waals surface area contributed by atoms with Crippen molar-refractivity contribution in [3.8, 4) is 0 Å². The van der Waals surface area contributed by atoms with E-state index in [0.29, 0.717) is 11.8 Å². The average molecular weight is 565 g/mol. The van der Waals surface area contributed by atoms with Gasteiger partial charge < -0.3 is 10.6 Å². The van der Waals surface area contributed by atoms with Crippen molar-refractivity contribution in [1.29, 1.82) is 0 Å². The number of likely N-dealkylation sites (tertiary alicyclic amines) is 2.